The second-order valence-corrected chi connectivity index (χ2v) is 5.37. The number of amides is 1. The molecule has 0 saturated carbocycles. The number of nitrogens with two attached hydrogens (primary N) is 1. The molecular formula is C14H17ClN2O3S. The van der Waals surface area contributed by atoms with Crippen LogP contribution < -0.4 is 16.7 Å². The Morgan fingerprint density at radius 2 is 2.14 bits per heavy atom. The number of halogens is 1. The van der Waals surface area contributed by atoms with Crippen LogP contribution in [-0.4, -0.2) is 24.0 Å². The van der Waals surface area contributed by atoms with Gasteiger partial charge in [-0.1, -0.05) is 0 Å². The minimum atomic E-state index is -0.521. The van der Waals surface area contributed by atoms with Crippen molar-refractivity contribution in [2.45, 2.75) is 12.5 Å². The van der Waals surface area contributed by atoms with Crippen molar-refractivity contribution >= 4 is 46.7 Å². The molecule has 0 bridgehead atoms. The van der Waals surface area contributed by atoms with Crippen molar-refractivity contribution in [3.63, 3.8) is 0 Å². The molecular weight excluding hydrogens is 312 g/mol. The van der Waals surface area contributed by atoms with E-state index < -0.39 is 11.7 Å². The third kappa shape index (κ3) is 4.77. The van der Waals surface area contributed by atoms with E-state index >= 15 is 0 Å². The number of anilines is 1. The van der Waals surface area contributed by atoms with E-state index in [4.69, 9.17) is 10.2 Å². The summed E-state index contributed by atoms with van der Waals surface area (Å²) in [5.41, 5.74) is 6.53. The topological polar surface area (TPSA) is 85.3 Å². The average molecular weight is 329 g/mol. The Labute approximate surface area is 132 Å². The highest BCUT2D eigenvalue weighted by Crippen LogP contribution is 2.17. The molecule has 0 aliphatic rings. The second-order valence-electron chi connectivity index (χ2n) is 4.38. The third-order valence-electron chi connectivity index (χ3n) is 2.86. The van der Waals surface area contributed by atoms with Crippen molar-refractivity contribution < 1.29 is 9.21 Å². The van der Waals surface area contributed by atoms with Crippen LogP contribution in [-0.2, 0) is 4.79 Å². The molecule has 0 spiro atoms. The van der Waals surface area contributed by atoms with Gasteiger partial charge in [0.1, 0.15) is 5.58 Å². The fraction of sp³-hybridized carbons (Fsp3) is 0.286. The first-order chi connectivity index (χ1) is 9.60. The zero-order valence-corrected chi connectivity index (χ0v) is 13.1. The van der Waals surface area contributed by atoms with Gasteiger partial charge in [0.05, 0.1) is 6.04 Å². The molecule has 1 aromatic carbocycles. The molecule has 114 valence electrons. The fourth-order valence-electron chi connectivity index (χ4n) is 1.76. The van der Waals surface area contributed by atoms with Crippen molar-refractivity contribution in [1.82, 2.24) is 0 Å². The first kappa shape index (κ1) is 17.6. The maximum absolute atomic E-state index is 11.9. The summed E-state index contributed by atoms with van der Waals surface area (Å²) in [5.74, 6) is 0.632. The maximum Gasteiger partial charge on any atom is 0.336 e. The Morgan fingerprint density at radius 3 is 2.86 bits per heavy atom. The van der Waals surface area contributed by atoms with E-state index in [9.17, 15) is 9.59 Å². The number of carbonyl (C=O) groups excluding carboxylic acids is 1. The molecule has 0 aliphatic carbocycles. The minimum absolute atomic E-state index is 0. The van der Waals surface area contributed by atoms with Gasteiger partial charge in [0.25, 0.3) is 0 Å². The van der Waals surface area contributed by atoms with E-state index in [1.165, 1.54) is 6.07 Å². The van der Waals surface area contributed by atoms with E-state index in [1.807, 2.05) is 6.26 Å². The summed E-state index contributed by atoms with van der Waals surface area (Å²) in [4.78, 5) is 23.0. The Bertz CT molecular complexity index is 675. The van der Waals surface area contributed by atoms with Gasteiger partial charge in [-0.15, -0.1) is 12.4 Å². The number of fused-ring (bicyclic) bond motifs is 1. The van der Waals surface area contributed by atoms with Crippen LogP contribution in [0.25, 0.3) is 11.0 Å². The van der Waals surface area contributed by atoms with Gasteiger partial charge in [-0.05, 0) is 42.7 Å². The number of hydrogen-bond acceptors (Lipinski definition) is 5. The molecule has 1 atom stereocenters. The molecule has 0 unspecified atom stereocenters. The number of benzene rings is 1. The SMILES string of the molecule is CSCC[C@H](N)C(=O)Nc1ccc2oc(=O)ccc2c1.Cl. The summed E-state index contributed by atoms with van der Waals surface area (Å²) in [7, 11) is 0. The summed E-state index contributed by atoms with van der Waals surface area (Å²) >= 11 is 1.65. The highest BCUT2D eigenvalue weighted by atomic mass is 35.5. The lowest BCUT2D eigenvalue weighted by Gasteiger charge is -2.11. The van der Waals surface area contributed by atoms with Crippen LogP contribution in [0, 0.1) is 0 Å². The lowest BCUT2D eigenvalue weighted by Crippen LogP contribution is -2.36. The van der Waals surface area contributed by atoms with Crippen molar-refractivity contribution in [3.05, 3.63) is 40.8 Å². The Balaban J connectivity index is 0.00000220. The number of carbonyl (C=O) groups is 1. The summed E-state index contributed by atoms with van der Waals surface area (Å²) in [6.45, 7) is 0. The van der Waals surface area contributed by atoms with Crippen LogP contribution >= 0.6 is 24.2 Å². The molecule has 21 heavy (non-hydrogen) atoms. The Kier molecular flexibility index (Phi) is 6.74. The van der Waals surface area contributed by atoms with Crippen molar-refractivity contribution in [1.29, 1.82) is 0 Å². The highest BCUT2D eigenvalue weighted by molar-refractivity contribution is 7.98. The highest BCUT2D eigenvalue weighted by Gasteiger charge is 2.13. The molecule has 0 saturated heterocycles. The Hall–Kier alpha value is -1.50. The van der Waals surface area contributed by atoms with Crippen LogP contribution in [0.1, 0.15) is 6.42 Å². The quantitative estimate of drug-likeness (QED) is 0.822. The molecule has 1 heterocycles. The van der Waals surface area contributed by atoms with E-state index in [1.54, 1.807) is 36.0 Å². The van der Waals surface area contributed by atoms with Gasteiger partial charge in [0.2, 0.25) is 5.91 Å². The molecule has 1 aromatic heterocycles. The first-order valence-electron chi connectivity index (χ1n) is 6.19. The predicted octanol–water partition coefficient (Wildman–Crippen LogP) is 2.23. The molecule has 5 nitrogen and oxygen atoms in total. The van der Waals surface area contributed by atoms with Gasteiger partial charge in [-0.25, -0.2) is 4.79 Å². The van der Waals surface area contributed by atoms with Crippen LogP contribution in [0.15, 0.2) is 39.5 Å². The van der Waals surface area contributed by atoms with Crippen molar-refractivity contribution in [2.24, 2.45) is 5.73 Å². The van der Waals surface area contributed by atoms with Crippen LogP contribution in [0.3, 0.4) is 0 Å². The fourth-order valence-corrected chi connectivity index (χ4v) is 2.25. The summed E-state index contributed by atoms with van der Waals surface area (Å²) in [6, 6.07) is 7.57. The molecule has 0 radical (unpaired) electrons. The molecule has 7 heteroatoms. The average Bonchev–Trinajstić information content (AvgIpc) is 2.44. The first-order valence-corrected chi connectivity index (χ1v) is 7.59. The molecule has 0 fully saturated rings. The lowest BCUT2D eigenvalue weighted by atomic mass is 10.2. The van der Waals surface area contributed by atoms with Crippen LogP contribution in [0.5, 0.6) is 0 Å². The number of hydrogen-bond donors (Lipinski definition) is 2. The molecule has 1 amide bonds. The van der Waals surface area contributed by atoms with Gasteiger partial charge < -0.3 is 15.5 Å². The largest absolute Gasteiger partial charge is 0.423 e. The van der Waals surface area contributed by atoms with Crippen LogP contribution in [0.4, 0.5) is 5.69 Å². The number of thioether (sulfide) groups is 1. The summed E-state index contributed by atoms with van der Waals surface area (Å²) in [5, 5.41) is 3.51. The summed E-state index contributed by atoms with van der Waals surface area (Å²) in [6.07, 6.45) is 2.61. The molecule has 2 aromatic rings. The molecule has 2 rings (SSSR count). The van der Waals surface area contributed by atoms with E-state index in [-0.39, 0.29) is 18.3 Å². The van der Waals surface area contributed by atoms with Crippen molar-refractivity contribution in [2.75, 3.05) is 17.3 Å². The van der Waals surface area contributed by atoms with E-state index in [0.29, 0.717) is 17.7 Å². The number of rotatable bonds is 5. The van der Waals surface area contributed by atoms with Gasteiger partial charge >= 0.3 is 5.63 Å². The maximum atomic E-state index is 11.9. The van der Waals surface area contributed by atoms with E-state index in [0.717, 1.165) is 11.1 Å². The normalized spacial score (nSPS) is 11.7. The zero-order chi connectivity index (χ0) is 14.5. The minimum Gasteiger partial charge on any atom is -0.423 e. The standard InChI is InChI=1S/C14H16N2O3S.ClH/c1-20-7-6-11(15)14(18)16-10-3-4-12-9(8-10)2-5-13(17)19-12;/h2-5,8,11H,6-7,15H2,1H3,(H,16,18);1H/t11-;/m0./s1. The van der Waals surface area contributed by atoms with Gasteiger partial charge in [-0.3, -0.25) is 4.79 Å². The van der Waals surface area contributed by atoms with Crippen LogP contribution in [0.2, 0.25) is 0 Å². The molecule has 3 N–H and O–H groups in total. The van der Waals surface area contributed by atoms with Gasteiger partial charge in [0, 0.05) is 17.1 Å². The number of nitrogens with one attached hydrogen (secondary N) is 1. The monoisotopic (exact) mass is 328 g/mol. The Morgan fingerprint density at radius 1 is 1.38 bits per heavy atom. The van der Waals surface area contributed by atoms with Crippen molar-refractivity contribution in [3.8, 4) is 0 Å². The molecule has 0 aliphatic heterocycles. The lowest BCUT2D eigenvalue weighted by molar-refractivity contribution is -0.117. The van der Waals surface area contributed by atoms with Gasteiger partial charge in [-0.2, -0.15) is 11.8 Å². The smallest absolute Gasteiger partial charge is 0.336 e. The third-order valence-corrected chi connectivity index (χ3v) is 3.50. The van der Waals surface area contributed by atoms with E-state index in [2.05, 4.69) is 5.32 Å². The van der Waals surface area contributed by atoms with Gasteiger partial charge in [0.15, 0.2) is 0 Å². The summed E-state index contributed by atoms with van der Waals surface area (Å²) < 4.78 is 5.03. The second kappa shape index (κ2) is 8.07. The zero-order valence-electron chi connectivity index (χ0n) is 11.5. The predicted molar refractivity (Wildman–Crippen MR) is 89.3 cm³/mol.